The minimum absolute atomic E-state index is 0.355. The van der Waals surface area contributed by atoms with Crippen LogP contribution < -0.4 is 5.43 Å². The predicted molar refractivity (Wildman–Crippen MR) is 103 cm³/mol. The van der Waals surface area contributed by atoms with Crippen LogP contribution in [0.1, 0.15) is 21.5 Å². The van der Waals surface area contributed by atoms with Crippen molar-refractivity contribution in [3.8, 4) is 0 Å². The van der Waals surface area contributed by atoms with Crippen LogP contribution in [0.15, 0.2) is 87.7 Å². The third-order valence-corrected chi connectivity index (χ3v) is 4.64. The van der Waals surface area contributed by atoms with Gasteiger partial charge in [0.1, 0.15) is 5.82 Å². The van der Waals surface area contributed by atoms with E-state index in [2.05, 4.69) is 41.7 Å². The molecular weight excluding hydrogens is 347 g/mol. The van der Waals surface area contributed by atoms with Crippen molar-refractivity contribution in [3.63, 3.8) is 0 Å². The van der Waals surface area contributed by atoms with Gasteiger partial charge >= 0.3 is 0 Å². The van der Waals surface area contributed by atoms with E-state index < -0.39 is 0 Å². The van der Waals surface area contributed by atoms with Gasteiger partial charge in [-0.2, -0.15) is 5.10 Å². The number of hydrazone groups is 1. The summed E-state index contributed by atoms with van der Waals surface area (Å²) in [5.41, 5.74) is 4.90. The molecule has 0 fully saturated rings. The molecule has 1 amide bonds. The molecule has 1 N–H and O–H groups in total. The first-order valence-corrected chi connectivity index (χ1v) is 8.85. The number of hydrogen-bond donors (Lipinski definition) is 1. The highest BCUT2D eigenvalue weighted by Gasteiger charge is 2.03. The number of nitrogens with zero attached hydrogens (tertiary/aromatic N) is 1. The second-order valence-electron chi connectivity index (χ2n) is 5.69. The number of halogens is 1. The van der Waals surface area contributed by atoms with E-state index in [1.165, 1.54) is 34.7 Å². The smallest absolute Gasteiger partial charge is 0.267 e. The Balaban J connectivity index is 1.56. The summed E-state index contributed by atoms with van der Waals surface area (Å²) in [6.45, 7) is 2.07. The maximum absolute atomic E-state index is 12.8. The highest BCUT2D eigenvalue weighted by molar-refractivity contribution is 7.99. The van der Waals surface area contributed by atoms with Crippen LogP contribution in [0.3, 0.4) is 0 Å². The molecule has 0 aliphatic rings. The Morgan fingerprint density at radius 2 is 1.50 bits per heavy atom. The zero-order chi connectivity index (χ0) is 18.4. The number of hydrogen-bond acceptors (Lipinski definition) is 3. The van der Waals surface area contributed by atoms with Gasteiger partial charge in [-0.25, -0.2) is 9.82 Å². The van der Waals surface area contributed by atoms with E-state index in [0.717, 1.165) is 10.5 Å². The Hall–Kier alpha value is -2.92. The van der Waals surface area contributed by atoms with Gasteiger partial charge < -0.3 is 0 Å². The molecule has 3 nitrogen and oxygen atoms in total. The first-order valence-electron chi connectivity index (χ1n) is 8.04. The third kappa shape index (κ3) is 5.04. The zero-order valence-corrected chi connectivity index (χ0v) is 15.0. The van der Waals surface area contributed by atoms with E-state index in [-0.39, 0.29) is 11.7 Å². The van der Waals surface area contributed by atoms with Gasteiger partial charge in [0.25, 0.3) is 5.91 Å². The van der Waals surface area contributed by atoms with Crippen LogP contribution >= 0.6 is 11.8 Å². The van der Waals surface area contributed by atoms with E-state index >= 15 is 0 Å². The highest BCUT2D eigenvalue weighted by Crippen LogP contribution is 2.27. The molecule has 0 spiro atoms. The molecule has 0 radical (unpaired) electrons. The molecule has 0 aliphatic carbocycles. The van der Waals surface area contributed by atoms with Crippen LogP contribution in [0.25, 0.3) is 0 Å². The highest BCUT2D eigenvalue weighted by atomic mass is 32.2. The number of benzene rings is 3. The summed E-state index contributed by atoms with van der Waals surface area (Å²) >= 11 is 1.69. The summed E-state index contributed by atoms with van der Waals surface area (Å²) in [5, 5.41) is 3.94. The molecule has 0 unspecified atom stereocenters. The fraction of sp³-hybridized carbons (Fsp3) is 0.0476. The topological polar surface area (TPSA) is 41.5 Å². The fourth-order valence-corrected chi connectivity index (χ4v) is 3.01. The van der Waals surface area contributed by atoms with E-state index in [1.807, 2.05) is 24.3 Å². The molecule has 0 saturated carbocycles. The second-order valence-corrected chi connectivity index (χ2v) is 6.84. The van der Waals surface area contributed by atoms with Gasteiger partial charge in [0.15, 0.2) is 0 Å². The average Bonchev–Trinajstić information content (AvgIpc) is 2.65. The van der Waals surface area contributed by atoms with Crippen molar-refractivity contribution in [2.24, 2.45) is 5.10 Å². The number of nitrogens with one attached hydrogen (secondary N) is 1. The number of amides is 1. The van der Waals surface area contributed by atoms with Crippen LogP contribution in [0, 0.1) is 12.7 Å². The van der Waals surface area contributed by atoms with E-state index in [9.17, 15) is 9.18 Å². The molecular formula is C21H17FN2OS. The Morgan fingerprint density at radius 1 is 0.923 bits per heavy atom. The quantitative estimate of drug-likeness (QED) is 0.508. The Labute approximate surface area is 156 Å². The number of carbonyl (C=O) groups is 1. The van der Waals surface area contributed by atoms with Gasteiger partial charge in [0.05, 0.1) is 6.21 Å². The molecule has 0 bridgehead atoms. The van der Waals surface area contributed by atoms with Crippen LogP contribution in [-0.2, 0) is 0 Å². The van der Waals surface area contributed by atoms with E-state index in [0.29, 0.717) is 5.56 Å². The second kappa shape index (κ2) is 8.45. The van der Waals surface area contributed by atoms with Crippen molar-refractivity contribution in [3.05, 3.63) is 95.3 Å². The zero-order valence-electron chi connectivity index (χ0n) is 14.1. The first kappa shape index (κ1) is 17.9. The van der Waals surface area contributed by atoms with E-state index in [4.69, 9.17) is 0 Å². The normalized spacial score (nSPS) is 10.8. The number of carbonyl (C=O) groups excluding carboxylic acids is 1. The Bertz CT molecular complexity index is 904. The minimum atomic E-state index is -0.382. The van der Waals surface area contributed by atoms with Crippen LogP contribution in [-0.4, -0.2) is 12.1 Å². The van der Waals surface area contributed by atoms with Gasteiger partial charge in [-0.1, -0.05) is 41.6 Å². The summed E-state index contributed by atoms with van der Waals surface area (Å²) in [4.78, 5) is 14.2. The molecule has 130 valence electrons. The molecule has 0 aliphatic heterocycles. The van der Waals surface area contributed by atoms with Crippen molar-refractivity contribution in [2.45, 2.75) is 16.7 Å². The monoisotopic (exact) mass is 364 g/mol. The summed E-state index contributed by atoms with van der Waals surface area (Å²) in [5.74, 6) is -0.763. The van der Waals surface area contributed by atoms with Crippen LogP contribution in [0.2, 0.25) is 0 Å². The van der Waals surface area contributed by atoms with Crippen molar-refractivity contribution < 1.29 is 9.18 Å². The van der Waals surface area contributed by atoms with Crippen LogP contribution in [0.4, 0.5) is 4.39 Å². The van der Waals surface area contributed by atoms with Gasteiger partial charge in [0, 0.05) is 15.4 Å². The minimum Gasteiger partial charge on any atom is -0.267 e. The molecule has 3 aromatic carbocycles. The van der Waals surface area contributed by atoms with Crippen molar-refractivity contribution >= 4 is 23.9 Å². The lowest BCUT2D eigenvalue weighted by Crippen LogP contribution is -2.17. The van der Waals surface area contributed by atoms with E-state index in [1.54, 1.807) is 18.0 Å². The fourth-order valence-electron chi connectivity index (χ4n) is 2.20. The number of aryl methyl sites for hydroxylation is 1. The molecule has 0 heterocycles. The molecule has 3 aromatic rings. The largest absolute Gasteiger partial charge is 0.271 e. The maximum atomic E-state index is 12.8. The summed E-state index contributed by atoms with van der Waals surface area (Å²) in [7, 11) is 0. The SMILES string of the molecule is Cc1ccc(Sc2ccc(/C=N\NC(=O)c3ccc(F)cc3)cc2)cc1. The Morgan fingerprint density at radius 3 is 2.12 bits per heavy atom. The predicted octanol–water partition coefficient (Wildman–Crippen LogP) is 5.05. The standard InChI is InChI=1S/C21H17FN2OS/c1-15-2-10-19(11-3-15)26-20-12-4-16(5-13-20)14-23-24-21(25)17-6-8-18(22)9-7-17/h2-14H,1H3,(H,24,25)/b23-14-. The molecule has 0 aromatic heterocycles. The van der Waals surface area contributed by atoms with Crippen molar-refractivity contribution in [1.29, 1.82) is 0 Å². The average molecular weight is 364 g/mol. The van der Waals surface area contributed by atoms with Crippen LogP contribution in [0.5, 0.6) is 0 Å². The summed E-state index contributed by atoms with van der Waals surface area (Å²) in [6.07, 6.45) is 1.57. The lowest BCUT2D eigenvalue weighted by atomic mass is 10.2. The summed E-state index contributed by atoms with van der Waals surface area (Å²) in [6, 6.07) is 21.6. The molecule has 0 saturated heterocycles. The van der Waals surface area contributed by atoms with Crippen molar-refractivity contribution in [2.75, 3.05) is 0 Å². The Kier molecular flexibility index (Phi) is 5.81. The molecule has 26 heavy (non-hydrogen) atoms. The van der Waals surface area contributed by atoms with Gasteiger partial charge in [-0.3, -0.25) is 4.79 Å². The molecule has 3 rings (SSSR count). The lowest BCUT2D eigenvalue weighted by Gasteiger charge is -2.03. The van der Waals surface area contributed by atoms with Gasteiger partial charge in [0.2, 0.25) is 0 Å². The maximum Gasteiger partial charge on any atom is 0.271 e. The van der Waals surface area contributed by atoms with Gasteiger partial charge in [-0.05, 0) is 61.0 Å². The number of rotatable bonds is 5. The van der Waals surface area contributed by atoms with Gasteiger partial charge in [-0.15, -0.1) is 0 Å². The first-order chi connectivity index (χ1) is 12.6. The lowest BCUT2D eigenvalue weighted by molar-refractivity contribution is 0.0955. The van der Waals surface area contributed by atoms with Crippen molar-refractivity contribution in [1.82, 2.24) is 5.43 Å². The summed E-state index contributed by atoms with van der Waals surface area (Å²) < 4.78 is 12.8. The molecule has 0 atom stereocenters. The third-order valence-electron chi connectivity index (χ3n) is 3.62. The molecule has 5 heteroatoms.